The molecule has 0 saturated carbocycles. The van der Waals surface area contributed by atoms with Crippen molar-refractivity contribution in [3.05, 3.63) is 34.9 Å². The van der Waals surface area contributed by atoms with E-state index in [-0.39, 0.29) is 11.1 Å². The first kappa shape index (κ1) is 16.5. The summed E-state index contributed by atoms with van der Waals surface area (Å²) in [5.74, 6) is 0. The van der Waals surface area contributed by atoms with Crippen LogP contribution in [0.1, 0.15) is 44.4 Å². The normalized spacial score (nSPS) is 13.2. The van der Waals surface area contributed by atoms with E-state index < -0.39 is 22.9 Å². The molecule has 0 spiro atoms. The van der Waals surface area contributed by atoms with Crippen molar-refractivity contribution in [1.82, 2.24) is 5.32 Å². The molecule has 20 heavy (non-hydrogen) atoms. The lowest BCUT2D eigenvalue weighted by Gasteiger charge is -2.27. The monoisotopic (exact) mass is 291 g/mol. The van der Waals surface area contributed by atoms with E-state index in [1.54, 1.807) is 13.8 Å². The van der Waals surface area contributed by atoms with Crippen LogP contribution in [0.25, 0.3) is 0 Å². The molecule has 0 aromatic heterocycles. The second-order valence-corrected chi connectivity index (χ2v) is 5.66. The Kier molecular flexibility index (Phi) is 4.17. The van der Waals surface area contributed by atoms with Crippen molar-refractivity contribution in [1.29, 1.82) is 0 Å². The van der Waals surface area contributed by atoms with Crippen molar-refractivity contribution in [3.8, 4) is 0 Å². The van der Waals surface area contributed by atoms with E-state index >= 15 is 0 Å². The number of alkyl halides is 4. The van der Waals surface area contributed by atoms with E-state index in [0.717, 1.165) is 12.1 Å². The van der Waals surface area contributed by atoms with Crippen LogP contribution < -0.4 is 5.32 Å². The summed E-state index contributed by atoms with van der Waals surface area (Å²) >= 11 is 0. The van der Waals surface area contributed by atoms with Crippen LogP contribution in [0.15, 0.2) is 18.2 Å². The molecule has 2 nitrogen and oxygen atoms in total. The van der Waals surface area contributed by atoms with Crippen molar-refractivity contribution < 1.29 is 22.4 Å². The standard InChI is InChI=1S/C14H17F4NO/c1-12(2,15)9-5-10(13(3,4)19-8-20)7-11(6-9)14(16,17)18/h5-8H,1-4H3,(H,19,20). The Labute approximate surface area is 115 Å². The van der Waals surface area contributed by atoms with Gasteiger partial charge < -0.3 is 5.32 Å². The van der Waals surface area contributed by atoms with E-state index in [0.29, 0.717) is 6.41 Å². The average molecular weight is 291 g/mol. The van der Waals surface area contributed by atoms with Crippen LogP contribution in [0.4, 0.5) is 17.6 Å². The largest absolute Gasteiger partial charge is 0.416 e. The Hall–Kier alpha value is -1.59. The zero-order chi connectivity index (χ0) is 15.8. The highest BCUT2D eigenvalue weighted by Gasteiger charge is 2.35. The zero-order valence-corrected chi connectivity index (χ0v) is 11.7. The third-order valence-corrected chi connectivity index (χ3v) is 3.09. The summed E-state index contributed by atoms with van der Waals surface area (Å²) in [7, 11) is 0. The molecule has 0 heterocycles. The molecule has 0 bridgehead atoms. The molecule has 0 aliphatic carbocycles. The van der Waals surface area contributed by atoms with Crippen molar-refractivity contribution in [2.75, 3.05) is 0 Å². The Morgan fingerprint density at radius 2 is 1.35 bits per heavy atom. The van der Waals surface area contributed by atoms with Crippen molar-refractivity contribution in [2.24, 2.45) is 0 Å². The van der Waals surface area contributed by atoms with E-state index in [1.807, 2.05) is 0 Å². The lowest BCUT2D eigenvalue weighted by Crippen LogP contribution is -2.36. The minimum atomic E-state index is -4.58. The van der Waals surface area contributed by atoms with Crippen LogP contribution in [-0.4, -0.2) is 6.41 Å². The van der Waals surface area contributed by atoms with E-state index in [2.05, 4.69) is 5.32 Å². The molecule has 0 unspecified atom stereocenters. The van der Waals surface area contributed by atoms with Crippen LogP contribution >= 0.6 is 0 Å². The maximum absolute atomic E-state index is 14.0. The SMILES string of the molecule is CC(C)(F)c1cc(C(F)(F)F)cc(C(C)(C)NC=O)c1. The summed E-state index contributed by atoms with van der Waals surface area (Å²) in [6, 6.07) is 3.05. The zero-order valence-electron chi connectivity index (χ0n) is 11.7. The van der Waals surface area contributed by atoms with Gasteiger partial charge >= 0.3 is 6.18 Å². The number of nitrogens with one attached hydrogen (secondary N) is 1. The number of rotatable bonds is 4. The quantitative estimate of drug-likeness (QED) is 0.661. The molecule has 1 rings (SSSR count). The summed E-state index contributed by atoms with van der Waals surface area (Å²) in [4.78, 5) is 10.6. The molecule has 0 atom stereocenters. The Balaban J connectivity index is 3.50. The summed E-state index contributed by atoms with van der Waals surface area (Å²) in [6.07, 6.45) is -4.17. The highest BCUT2D eigenvalue weighted by Crippen LogP contribution is 2.36. The lowest BCUT2D eigenvalue weighted by atomic mass is 9.87. The van der Waals surface area contributed by atoms with Gasteiger partial charge in [-0.3, -0.25) is 4.79 Å². The number of benzene rings is 1. The third-order valence-electron chi connectivity index (χ3n) is 3.09. The average Bonchev–Trinajstić information content (AvgIpc) is 2.26. The molecule has 1 aromatic carbocycles. The molecule has 112 valence electrons. The fraction of sp³-hybridized carbons (Fsp3) is 0.500. The first-order valence-corrected chi connectivity index (χ1v) is 6.01. The van der Waals surface area contributed by atoms with Gasteiger partial charge in [0, 0.05) is 0 Å². The Morgan fingerprint density at radius 3 is 1.75 bits per heavy atom. The molecule has 0 radical (unpaired) electrons. The highest BCUT2D eigenvalue weighted by molar-refractivity contribution is 5.50. The summed E-state index contributed by atoms with van der Waals surface area (Å²) in [5.41, 5.74) is -3.75. The number of amides is 1. The van der Waals surface area contributed by atoms with Gasteiger partial charge in [-0.15, -0.1) is 0 Å². The summed E-state index contributed by atoms with van der Waals surface area (Å²) in [6.45, 7) is 5.47. The fourth-order valence-electron chi connectivity index (χ4n) is 1.73. The van der Waals surface area contributed by atoms with Gasteiger partial charge in [0.25, 0.3) is 0 Å². The van der Waals surface area contributed by atoms with Crippen LogP contribution in [-0.2, 0) is 22.2 Å². The fourth-order valence-corrected chi connectivity index (χ4v) is 1.73. The molecule has 1 N–H and O–H groups in total. The van der Waals surface area contributed by atoms with E-state index in [4.69, 9.17) is 0 Å². The maximum Gasteiger partial charge on any atom is 0.416 e. The number of hydrogen-bond acceptors (Lipinski definition) is 1. The maximum atomic E-state index is 14.0. The van der Waals surface area contributed by atoms with Crippen LogP contribution in [0.3, 0.4) is 0 Å². The van der Waals surface area contributed by atoms with Gasteiger partial charge in [0.2, 0.25) is 6.41 Å². The van der Waals surface area contributed by atoms with Crippen LogP contribution in [0.5, 0.6) is 0 Å². The van der Waals surface area contributed by atoms with Crippen LogP contribution in [0.2, 0.25) is 0 Å². The molecular weight excluding hydrogens is 274 g/mol. The summed E-state index contributed by atoms with van der Waals surface area (Å²) < 4.78 is 52.7. The van der Waals surface area contributed by atoms with Gasteiger partial charge in [-0.25, -0.2) is 4.39 Å². The Bertz CT molecular complexity index is 469. The van der Waals surface area contributed by atoms with Gasteiger partial charge in [-0.2, -0.15) is 13.2 Å². The minimum Gasteiger partial charge on any atom is -0.350 e. The lowest BCUT2D eigenvalue weighted by molar-refractivity contribution is -0.137. The van der Waals surface area contributed by atoms with Gasteiger partial charge in [0.05, 0.1) is 11.1 Å². The molecular formula is C14H17F4NO. The second-order valence-electron chi connectivity index (χ2n) is 5.66. The molecule has 0 aliphatic rings. The number of carbonyl (C=O) groups excluding carboxylic acids is 1. The van der Waals surface area contributed by atoms with Gasteiger partial charge in [0.15, 0.2) is 0 Å². The molecule has 0 aliphatic heterocycles. The van der Waals surface area contributed by atoms with Crippen molar-refractivity contribution >= 4 is 6.41 Å². The highest BCUT2D eigenvalue weighted by atomic mass is 19.4. The minimum absolute atomic E-state index is 0.0805. The molecule has 1 amide bonds. The number of carbonyl (C=O) groups is 1. The first-order chi connectivity index (χ1) is 8.88. The van der Waals surface area contributed by atoms with E-state index in [1.165, 1.54) is 19.9 Å². The van der Waals surface area contributed by atoms with Crippen molar-refractivity contribution in [2.45, 2.75) is 45.1 Å². The topological polar surface area (TPSA) is 29.1 Å². The van der Waals surface area contributed by atoms with Gasteiger partial charge in [-0.05, 0) is 51.0 Å². The van der Waals surface area contributed by atoms with Crippen LogP contribution in [0, 0.1) is 0 Å². The molecule has 0 saturated heterocycles. The number of halogens is 4. The predicted octanol–water partition coefficient (Wildman–Crippen LogP) is 3.89. The predicted molar refractivity (Wildman–Crippen MR) is 67.8 cm³/mol. The second kappa shape index (κ2) is 5.07. The smallest absolute Gasteiger partial charge is 0.350 e. The molecule has 0 fully saturated rings. The van der Waals surface area contributed by atoms with Crippen molar-refractivity contribution in [3.63, 3.8) is 0 Å². The van der Waals surface area contributed by atoms with Gasteiger partial charge in [-0.1, -0.05) is 6.07 Å². The Morgan fingerprint density at radius 1 is 0.900 bits per heavy atom. The first-order valence-electron chi connectivity index (χ1n) is 6.01. The molecule has 6 heteroatoms. The van der Waals surface area contributed by atoms with Gasteiger partial charge in [0.1, 0.15) is 5.67 Å². The number of hydrogen-bond donors (Lipinski definition) is 1. The van der Waals surface area contributed by atoms with E-state index in [9.17, 15) is 22.4 Å². The third kappa shape index (κ3) is 3.71. The summed E-state index contributed by atoms with van der Waals surface area (Å²) in [5, 5.41) is 2.43. The molecule has 1 aromatic rings.